The lowest BCUT2D eigenvalue weighted by molar-refractivity contribution is -0.405. The third kappa shape index (κ3) is 43.0. The van der Waals surface area contributed by atoms with Crippen LogP contribution in [0.25, 0.3) is 0 Å². The molecule has 0 amide bonds. The van der Waals surface area contributed by atoms with Gasteiger partial charge in [-0.2, -0.15) is 0 Å². The zero-order valence-electron chi connectivity index (χ0n) is 89.0. The maximum absolute atomic E-state index is 14.5. The molecule has 145 heavy (non-hydrogen) atoms. The number of carbonyl (C=O) groups is 1. The Morgan fingerprint density at radius 3 is 0.759 bits per heavy atom. The summed E-state index contributed by atoms with van der Waals surface area (Å²) in [6, 6.07) is 90.1. The number of hydrogen-bond acceptors (Lipinski definition) is 19. The third-order valence-corrected chi connectivity index (χ3v) is 28.6. The molecule has 3 saturated heterocycles. The van der Waals surface area contributed by atoms with Crippen LogP contribution in [0.15, 0.2) is 273 Å². The van der Waals surface area contributed by atoms with Gasteiger partial charge in [-0.1, -0.05) is 458 Å². The van der Waals surface area contributed by atoms with Gasteiger partial charge in [-0.15, -0.1) is 0 Å². The molecule has 0 spiro atoms. The summed E-state index contributed by atoms with van der Waals surface area (Å²) in [5.74, 6) is 4.66. The summed E-state index contributed by atoms with van der Waals surface area (Å²) in [7, 11) is 0. The van der Waals surface area contributed by atoms with Gasteiger partial charge in [0.05, 0.1) is 92.5 Å². The highest BCUT2D eigenvalue weighted by Crippen LogP contribution is 2.41. The Morgan fingerprint density at radius 1 is 0.241 bits per heavy atom. The molecule has 0 N–H and O–H groups in total. The van der Waals surface area contributed by atoms with Crippen molar-refractivity contribution in [3.8, 4) is 0 Å². The van der Waals surface area contributed by atoms with Crippen molar-refractivity contribution in [3.05, 3.63) is 323 Å². The number of esters is 1. The first-order valence-corrected chi connectivity index (χ1v) is 54.9. The van der Waals surface area contributed by atoms with E-state index in [0.29, 0.717) is 36.9 Å². The fourth-order valence-electron chi connectivity index (χ4n) is 19.8. The summed E-state index contributed by atoms with van der Waals surface area (Å²) in [5, 5.41) is 0. The molecule has 3 heterocycles. The Balaban J connectivity index is 0.948. The van der Waals surface area contributed by atoms with Gasteiger partial charge in [0.15, 0.2) is 25.0 Å². The third-order valence-electron chi connectivity index (χ3n) is 28.6. The van der Waals surface area contributed by atoms with Gasteiger partial charge >= 0.3 is 5.97 Å². The van der Waals surface area contributed by atoms with E-state index in [-0.39, 0.29) is 92.5 Å². The summed E-state index contributed by atoms with van der Waals surface area (Å²) in [5.41, 5.74) is 8.17. The van der Waals surface area contributed by atoms with Crippen LogP contribution in [0.3, 0.4) is 0 Å². The van der Waals surface area contributed by atoms with Crippen LogP contribution in [0.2, 0.25) is 0 Å². The molecule has 0 aromatic heterocycles. The van der Waals surface area contributed by atoms with Crippen LogP contribution in [0.1, 0.15) is 255 Å². The van der Waals surface area contributed by atoms with E-state index in [2.05, 4.69) is 81.4 Å². The Kier molecular flexibility index (Phi) is 52.8. The highest BCUT2D eigenvalue weighted by atomic mass is 16.8. The summed E-state index contributed by atoms with van der Waals surface area (Å²) in [6.07, 6.45) is 6.25. The van der Waals surface area contributed by atoms with Crippen molar-refractivity contribution in [1.82, 2.24) is 0 Å². The number of ether oxygens (including phenoxy) is 18. The average Bonchev–Trinajstić information content (AvgIpc) is 1.13. The molecule has 19 nitrogen and oxygen atoms in total. The predicted octanol–water partition coefficient (Wildman–Crippen LogP) is 27.4. The molecule has 0 bridgehead atoms. The SMILES string of the molecule is CC(=O)O[C@@H]1[C@@H](O[C@@H]2[C@@H](O[C@@H]3[C@@H](OCC(COCCC(C)CCCC(C)CCCC(C)CCCC(C)C)OCCC(C)CCCC(C)CCCC(C)CCCC(C)C)O[C@H](COCc4ccccc4)[C@@H](OCc4ccccc4)[C@@H]3OCc3ccccc3)O[C@H](COCc3ccccc3)[C@@H](OCc3ccccc3)[C@@H]2OCc2ccccc2)O[C@H](COCc2ccccc2)[C@@H](OCc2ccccc2)[C@@H]1OCc1ccccc1. The summed E-state index contributed by atoms with van der Waals surface area (Å²) >= 11 is 0. The zero-order chi connectivity index (χ0) is 102. The molecule has 792 valence electrons. The minimum atomic E-state index is -1.55. The molecule has 0 aliphatic carbocycles. The van der Waals surface area contributed by atoms with Crippen LogP contribution < -0.4 is 0 Å². The normalized spacial score (nSPS) is 22.8. The average molecular weight is 1990 g/mol. The van der Waals surface area contributed by atoms with Crippen molar-refractivity contribution >= 4 is 5.97 Å². The second-order valence-corrected chi connectivity index (χ2v) is 42.5. The lowest BCUT2D eigenvalue weighted by Gasteiger charge is -2.52. The van der Waals surface area contributed by atoms with E-state index in [9.17, 15) is 4.79 Å². The van der Waals surface area contributed by atoms with Gasteiger partial charge in [0.2, 0.25) is 0 Å². The molecule has 19 heteroatoms. The topological polar surface area (TPSA) is 183 Å². The number of rotatable bonds is 71. The van der Waals surface area contributed by atoms with Gasteiger partial charge in [-0.05, 0) is 110 Å². The first-order chi connectivity index (χ1) is 70.9. The van der Waals surface area contributed by atoms with E-state index in [1.807, 2.05) is 261 Å². The maximum Gasteiger partial charge on any atom is 0.303 e. The Bertz CT molecular complexity index is 4770. The van der Waals surface area contributed by atoms with Crippen molar-refractivity contribution in [3.63, 3.8) is 0 Å². The first-order valence-electron chi connectivity index (χ1n) is 54.9. The van der Waals surface area contributed by atoms with E-state index in [4.69, 9.17) is 85.3 Å². The molecule has 9 aromatic carbocycles. The van der Waals surface area contributed by atoms with Gasteiger partial charge in [-0.3, -0.25) is 4.79 Å². The molecule has 3 aliphatic heterocycles. The lowest BCUT2D eigenvalue weighted by Crippen LogP contribution is -2.68. The zero-order valence-corrected chi connectivity index (χ0v) is 89.0. The molecule has 22 atom stereocenters. The molecule has 3 fully saturated rings. The molecule has 7 unspecified atom stereocenters. The second kappa shape index (κ2) is 66.4. The largest absolute Gasteiger partial charge is 0.454 e. The smallest absolute Gasteiger partial charge is 0.303 e. The minimum absolute atomic E-state index is 0.000669. The number of hydrogen-bond donors (Lipinski definition) is 0. The Morgan fingerprint density at radius 2 is 0.476 bits per heavy atom. The van der Waals surface area contributed by atoms with E-state index < -0.39 is 104 Å². The first kappa shape index (κ1) is 115. The van der Waals surface area contributed by atoms with E-state index >= 15 is 0 Å². The fourth-order valence-corrected chi connectivity index (χ4v) is 19.8. The summed E-state index contributed by atoms with van der Waals surface area (Å²) in [4.78, 5) is 14.5. The predicted molar refractivity (Wildman–Crippen MR) is 573 cm³/mol. The van der Waals surface area contributed by atoms with Gasteiger partial charge in [-0.25, -0.2) is 0 Å². The molecule has 0 saturated carbocycles. The quantitative estimate of drug-likeness (QED) is 0.0259. The monoisotopic (exact) mass is 1990 g/mol. The van der Waals surface area contributed by atoms with Crippen LogP contribution in [0.4, 0.5) is 0 Å². The highest BCUT2D eigenvalue weighted by molar-refractivity contribution is 5.66. The molecule has 3 aliphatic rings. The van der Waals surface area contributed by atoms with Crippen LogP contribution in [-0.2, 0) is 150 Å². The molecule has 9 aromatic rings. The van der Waals surface area contributed by atoms with Gasteiger partial charge in [0.1, 0.15) is 73.2 Å². The van der Waals surface area contributed by atoms with Crippen molar-refractivity contribution in [2.45, 2.75) is 362 Å². The molecular weight excluding hydrogens is 1820 g/mol. The van der Waals surface area contributed by atoms with E-state index in [1.165, 1.54) is 103 Å². The summed E-state index contributed by atoms with van der Waals surface area (Å²) in [6.45, 7) is 27.8. The minimum Gasteiger partial charge on any atom is -0.454 e. The molecule has 0 radical (unpaired) electrons. The molecule has 12 rings (SSSR count). The maximum atomic E-state index is 14.5. The van der Waals surface area contributed by atoms with E-state index in [1.54, 1.807) is 0 Å². The van der Waals surface area contributed by atoms with Crippen LogP contribution in [0.5, 0.6) is 0 Å². The van der Waals surface area contributed by atoms with Gasteiger partial charge in [0, 0.05) is 20.1 Å². The van der Waals surface area contributed by atoms with Crippen LogP contribution in [-0.4, -0.2) is 150 Å². The van der Waals surface area contributed by atoms with E-state index in [0.717, 1.165) is 106 Å². The fraction of sp³-hybridized carbons (Fsp3) is 0.563. The standard InChI is InChI=1S/C126H174O19/c1-93(2)45-39-47-95(5)49-41-51-97(7)53-43-55-99(9)75-77-128-88-111(132-78-76-100(10)56-44-54-98(8)52-42-50-96(6)48-40-46-94(3)4)89-139-124-121(118(136-85-108-69-33-18-34-70-108)115(133-82-105-63-27-15-28-64-105)112(141-124)90-129-79-102-57-21-12-22-58-102)144-126-123(120(138-87-110-73-37-20-38-74-110)117(135-84-107-67-31-17-32-68-107)114(143-126)92-131-81-104-61-25-14-26-62-104)145-125-122(140-101(11)127)119(137-86-109-71-35-19-36-72-109)116(134-83-106-65-29-16-30-66-106)113(142-125)91-130-80-103-59-23-13-24-60-103/h12-38,57-74,93-100,111-126H,39-56,75-92H2,1-11H3/t95?,96?,97?,98?,99?,100?,111?,112-,113-,114-,115-,116-,117-,118+,119+,120+,121+,122+,123+,124+,125-,126-/m1/s1. The summed E-state index contributed by atoms with van der Waals surface area (Å²) < 4.78 is 133. The van der Waals surface area contributed by atoms with Crippen LogP contribution in [0, 0.1) is 47.3 Å². The van der Waals surface area contributed by atoms with Crippen molar-refractivity contribution < 1.29 is 90.1 Å². The number of benzene rings is 9. The van der Waals surface area contributed by atoms with Gasteiger partial charge in [0.25, 0.3) is 0 Å². The Hall–Kier alpha value is -8.23. The second-order valence-electron chi connectivity index (χ2n) is 42.5. The molecular formula is C126H174O19. The van der Waals surface area contributed by atoms with Crippen molar-refractivity contribution in [2.24, 2.45) is 47.3 Å². The van der Waals surface area contributed by atoms with Crippen LogP contribution >= 0.6 is 0 Å². The lowest BCUT2D eigenvalue weighted by atomic mass is 9.91. The highest BCUT2D eigenvalue weighted by Gasteiger charge is 2.58. The van der Waals surface area contributed by atoms with Crippen molar-refractivity contribution in [1.29, 1.82) is 0 Å². The van der Waals surface area contributed by atoms with Crippen molar-refractivity contribution in [2.75, 3.05) is 46.2 Å². The van der Waals surface area contributed by atoms with Gasteiger partial charge < -0.3 is 85.3 Å². The Labute approximate surface area is 869 Å². The number of carbonyl (C=O) groups excluding carboxylic acids is 1.